The Morgan fingerprint density at radius 3 is 2.67 bits per heavy atom. The van der Waals surface area contributed by atoms with Gasteiger partial charge in [-0.2, -0.15) is 11.3 Å². The second-order valence-electron chi connectivity index (χ2n) is 4.80. The van der Waals surface area contributed by atoms with Crippen LogP contribution >= 0.6 is 43.2 Å². The van der Waals surface area contributed by atoms with Crippen molar-refractivity contribution in [3.8, 4) is 0 Å². The van der Waals surface area contributed by atoms with Gasteiger partial charge in [-0.25, -0.2) is 0 Å². The SMILES string of the molecule is F[B-]1(F)n2c(Br)ccc2C(c2ccsc2)=C2C=CC(Br)=[N+]21. The molecule has 2 aliphatic heterocycles. The molecular formula is C13H7BBr2F2N2S. The summed E-state index contributed by atoms with van der Waals surface area (Å²) in [5, 5.41) is 3.92. The molecule has 0 fully saturated rings. The zero-order chi connectivity index (χ0) is 14.8. The zero-order valence-electron chi connectivity index (χ0n) is 10.4. The van der Waals surface area contributed by atoms with Crippen LogP contribution in [0.15, 0.2) is 51.4 Å². The molecule has 2 aromatic heterocycles. The Bertz CT molecular complexity index is 850. The van der Waals surface area contributed by atoms with Crippen LogP contribution < -0.4 is 0 Å². The van der Waals surface area contributed by atoms with Crippen molar-refractivity contribution in [1.82, 2.24) is 4.48 Å². The van der Waals surface area contributed by atoms with Crippen molar-refractivity contribution in [3.63, 3.8) is 0 Å². The molecule has 2 nitrogen and oxygen atoms in total. The van der Waals surface area contributed by atoms with Crippen LogP contribution in [0.25, 0.3) is 5.57 Å². The first-order chi connectivity index (χ1) is 10.0. The number of hydrogen-bond donors (Lipinski definition) is 0. The predicted octanol–water partition coefficient (Wildman–Crippen LogP) is 4.68. The summed E-state index contributed by atoms with van der Waals surface area (Å²) in [5.41, 5.74) is 2.83. The van der Waals surface area contributed by atoms with Crippen molar-refractivity contribution in [1.29, 1.82) is 0 Å². The zero-order valence-corrected chi connectivity index (χ0v) is 14.4. The quantitative estimate of drug-likeness (QED) is 0.579. The average molecular weight is 432 g/mol. The molecule has 0 aromatic carbocycles. The first-order valence-electron chi connectivity index (χ1n) is 6.18. The van der Waals surface area contributed by atoms with Crippen molar-refractivity contribution < 1.29 is 13.1 Å². The minimum Gasteiger partial charge on any atom is -0.389 e. The molecule has 21 heavy (non-hydrogen) atoms. The molecule has 0 atom stereocenters. The summed E-state index contributed by atoms with van der Waals surface area (Å²) < 4.78 is 32.7. The van der Waals surface area contributed by atoms with Gasteiger partial charge in [0.1, 0.15) is 0 Å². The van der Waals surface area contributed by atoms with Crippen LogP contribution in [0.1, 0.15) is 11.3 Å². The molecular weight excluding hydrogens is 425 g/mol. The summed E-state index contributed by atoms with van der Waals surface area (Å²) in [6.07, 6.45) is 3.40. The Balaban J connectivity index is 2.14. The van der Waals surface area contributed by atoms with Gasteiger partial charge in [-0.15, -0.1) is 0 Å². The smallest absolute Gasteiger partial charge is 0.389 e. The molecule has 0 unspecified atom stereocenters. The van der Waals surface area contributed by atoms with Crippen molar-refractivity contribution in [2.75, 3.05) is 0 Å². The molecule has 4 rings (SSSR count). The third kappa shape index (κ3) is 1.75. The average Bonchev–Trinajstić information content (AvgIpc) is 3.11. The van der Waals surface area contributed by atoms with Crippen LogP contribution in [-0.4, -0.2) is 20.6 Å². The van der Waals surface area contributed by atoms with E-state index >= 15 is 0 Å². The number of aromatic nitrogens is 1. The standard InChI is InChI=1S/C13H7BBr2F2N2S/c15-11-3-1-9-13(8-5-6-21-7-8)10-2-4-12(16)20(10)14(17,18)19(9)11/h1-7H. The molecule has 0 spiro atoms. The lowest BCUT2D eigenvalue weighted by atomic mass is 9.87. The number of thiophene rings is 1. The predicted molar refractivity (Wildman–Crippen MR) is 89.2 cm³/mol. The molecule has 2 aromatic rings. The van der Waals surface area contributed by atoms with Gasteiger partial charge in [-0.1, -0.05) is 0 Å². The molecule has 0 bridgehead atoms. The second kappa shape index (κ2) is 4.50. The van der Waals surface area contributed by atoms with Crippen LogP contribution in [0.3, 0.4) is 0 Å². The van der Waals surface area contributed by atoms with E-state index in [0.717, 1.165) is 20.1 Å². The fourth-order valence-electron chi connectivity index (χ4n) is 2.83. The minimum absolute atomic E-state index is 0.376. The molecule has 0 radical (unpaired) electrons. The highest BCUT2D eigenvalue weighted by Gasteiger charge is 2.54. The number of fused-ring (bicyclic) bond motifs is 2. The third-order valence-corrected chi connectivity index (χ3v) is 5.66. The normalized spacial score (nSPS) is 19.2. The monoisotopic (exact) mass is 430 g/mol. The van der Waals surface area contributed by atoms with E-state index in [1.54, 1.807) is 35.6 Å². The van der Waals surface area contributed by atoms with Gasteiger partial charge in [0.2, 0.25) is 4.62 Å². The van der Waals surface area contributed by atoms with Gasteiger partial charge in [-0.3, -0.25) is 0 Å². The van der Waals surface area contributed by atoms with E-state index in [1.165, 1.54) is 0 Å². The largest absolute Gasteiger partial charge is 0.738 e. The number of rotatable bonds is 1. The molecule has 0 aliphatic carbocycles. The van der Waals surface area contributed by atoms with Gasteiger partial charge in [0.15, 0.2) is 5.70 Å². The maximum absolute atomic E-state index is 14.9. The fourth-order valence-corrected chi connectivity index (χ4v) is 4.62. The summed E-state index contributed by atoms with van der Waals surface area (Å²) in [4.78, 5) is 0. The maximum atomic E-state index is 14.9. The van der Waals surface area contributed by atoms with Gasteiger partial charge in [0.05, 0.1) is 10.2 Å². The fraction of sp³-hybridized carbons (Fsp3) is 0. The van der Waals surface area contributed by atoms with E-state index in [4.69, 9.17) is 0 Å². The minimum atomic E-state index is -3.93. The molecule has 0 amide bonds. The van der Waals surface area contributed by atoms with Gasteiger partial charge < -0.3 is 17.6 Å². The summed E-state index contributed by atoms with van der Waals surface area (Å²) in [7, 11) is 0. The van der Waals surface area contributed by atoms with E-state index in [2.05, 4.69) is 31.9 Å². The van der Waals surface area contributed by atoms with Crippen LogP contribution in [-0.2, 0) is 0 Å². The topological polar surface area (TPSA) is 7.94 Å². The number of nitrogens with zero attached hydrogens (tertiary/aromatic N) is 2. The van der Waals surface area contributed by atoms with Crippen LogP contribution in [0.5, 0.6) is 0 Å². The van der Waals surface area contributed by atoms with Gasteiger partial charge in [0.25, 0.3) is 0 Å². The van der Waals surface area contributed by atoms with E-state index in [-0.39, 0.29) is 0 Å². The highest BCUT2D eigenvalue weighted by Crippen LogP contribution is 2.42. The van der Waals surface area contributed by atoms with Crippen molar-refractivity contribution in [2.24, 2.45) is 0 Å². The molecule has 4 heterocycles. The lowest BCUT2D eigenvalue weighted by Gasteiger charge is -2.31. The molecule has 0 N–H and O–H groups in total. The highest BCUT2D eigenvalue weighted by atomic mass is 79.9. The summed E-state index contributed by atoms with van der Waals surface area (Å²) in [6.45, 7) is -3.93. The molecule has 8 heteroatoms. The Morgan fingerprint density at radius 1 is 1.14 bits per heavy atom. The Labute approximate surface area is 140 Å². The van der Waals surface area contributed by atoms with E-state index in [9.17, 15) is 8.63 Å². The van der Waals surface area contributed by atoms with Crippen LogP contribution in [0.2, 0.25) is 0 Å². The van der Waals surface area contributed by atoms with Gasteiger partial charge in [0, 0.05) is 39.3 Å². The lowest BCUT2D eigenvalue weighted by Crippen LogP contribution is -2.50. The number of allylic oxidation sites excluding steroid dienone is 2. The van der Waals surface area contributed by atoms with Crippen LogP contribution in [0, 0.1) is 0 Å². The van der Waals surface area contributed by atoms with Gasteiger partial charge in [-0.05, 0) is 44.9 Å². The number of hydrogen-bond acceptors (Lipinski definition) is 1. The maximum Gasteiger partial charge on any atom is 0.738 e. The summed E-state index contributed by atoms with van der Waals surface area (Å²) in [5.74, 6) is 0. The molecule has 2 aliphatic rings. The Hall–Kier alpha value is -0.985. The second-order valence-corrected chi connectivity index (χ2v) is 7.20. The van der Waals surface area contributed by atoms with Crippen LogP contribution in [0.4, 0.5) is 8.63 Å². The first kappa shape index (κ1) is 13.7. The molecule has 106 valence electrons. The molecule has 0 saturated carbocycles. The summed E-state index contributed by atoms with van der Waals surface area (Å²) in [6, 6.07) is 5.35. The lowest BCUT2D eigenvalue weighted by molar-refractivity contribution is -0.358. The van der Waals surface area contributed by atoms with E-state index < -0.39 is 6.97 Å². The molecule has 0 saturated heterocycles. The van der Waals surface area contributed by atoms with Gasteiger partial charge >= 0.3 is 6.97 Å². The highest BCUT2D eigenvalue weighted by molar-refractivity contribution is 9.18. The Kier molecular flexibility index (Phi) is 2.93. The third-order valence-electron chi connectivity index (χ3n) is 3.68. The Morgan fingerprint density at radius 2 is 1.95 bits per heavy atom. The summed E-state index contributed by atoms with van der Waals surface area (Å²) >= 11 is 8.04. The van der Waals surface area contributed by atoms with Crippen molar-refractivity contribution in [2.45, 2.75) is 0 Å². The van der Waals surface area contributed by atoms with E-state index in [0.29, 0.717) is 20.6 Å². The first-order valence-corrected chi connectivity index (χ1v) is 8.71. The van der Waals surface area contributed by atoms with Crippen molar-refractivity contribution in [3.05, 3.63) is 62.7 Å². The number of halogens is 4. The van der Waals surface area contributed by atoms with Crippen molar-refractivity contribution >= 4 is 60.4 Å². The van der Waals surface area contributed by atoms with E-state index in [1.807, 2.05) is 16.8 Å².